The first-order valence-electron chi connectivity index (χ1n) is 5.93. The summed E-state index contributed by atoms with van der Waals surface area (Å²) >= 11 is 0. The molecular formula is C13H20ClF2NO. The third-order valence-corrected chi connectivity index (χ3v) is 2.63. The van der Waals surface area contributed by atoms with Crippen molar-refractivity contribution in [3.63, 3.8) is 0 Å². The number of rotatable bonds is 7. The summed E-state index contributed by atoms with van der Waals surface area (Å²) in [6, 6.07) is 6.52. The van der Waals surface area contributed by atoms with Crippen LogP contribution in [0.1, 0.15) is 44.2 Å². The number of benzene rings is 1. The quantitative estimate of drug-likeness (QED) is 0.756. The van der Waals surface area contributed by atoms with E-state index in [9.17, 15) is 8.78 Å². The monoisotopic (exact) mass is 279 g/mol. The predicted molar refractivity (Wildman–Crippen MR) is 71.4 cm³/mol. The fraction of sp³-hybridized carbons (Fsp3) is 0.538. The molecule has 0 aliphatic rings. The number of hydrogen-bond donors (Lipinski definition) is 1. The summed E-state index contributed by atoms with van der Waals surface area (Å²) in [4.78, 5) is 0. The smallest absolute Gasteiger partial charge is 0.387 e. The highest BCUT2D eigenvalue weighted by Gasteiger charge is 2.09. The summed E-state index contributed by atoms with van der Waals surface area (Å²) in [7, 11) is 0. The molecule has 0 aliphatic heterocycles. The Labute approximate surface area is 113 Å². The van der Waals surface area contributed by atoms with Crippen LogP contribution in [-0.2, 0) is 0 Å². The third kappa shape index (κ3) is 6.17. The van der Waals surface area contributed by atoms with E-state index in [0.29, 0.717) is 0 Å². The summed E-state index contributed by atoms with van der Waals surface area (Å²) < 4.78 is 28.4. The second kappa shape index (κ2) is 9.11. The van der Waals surface area contributed by atoms with Gasteiger partial charge in [0.05, 0.1) is 0 Å². The Hall–Kier alpha value is -0.870. The number of ether oxygens (including phenoxy) is 1. The molecule has 0 bridgehead atoms. The zero-order chi connectivity index (χ0) is 12.7. The molecule has 0 aliphatic carbocycles. The summed E-state index contributed by atoms with van der Waals surface area (Å²) in [6.45, 7) is -0.663. The Morgan fingerprint density at radius 2 is 2.00 bits per heavy atom. The first-order valence-corrected chi connectivity index (χ1v) is 5.93. The van der Waals surface area contributed by atoms with Crippen LogP contribution in [-0.4, -0.2) is 6.61 Å². The van der Waals surface area contributed by atoms with Crippen molar-refractivity contribution in [2.75, 3.05) is 0 Å². The minimum absolute atomic E-state index is 0. The van der Waals surface area contributed by atoms with Crippen molar-refractivity contribution in [1.29, 1.82) is 0 Å². The zero-order valence-corrected chi connectivity index (χ0v) is 11.3. The normalized spacial score (nSPS) is 12.1. The summed E-state index contributed by atoms with van der Waals surface area (Å²) in [5.74, 6) is 0.170. The van der Waals surface area contributed by atoms with E-state index < -0.39 is 6.61 Å². The minimum Gasteiger partial charge on any atom is -0.435 e. The minimum atomic E-state index is -2.79. The van der Waals surface area contributed by atoms with Crippen LogP contribution >= 0.6 is 12.4 Å². The van der Waals surface area contributed by atoms with E-state index in [1.807, 2.05) is 6.07 Å². The Bertz CT molecular complexity index is 337. The van der Waals surface area contributed by atoms with Crippen molar-refractivity contribution in [3.05, 3.63) is 29.8 Å². The van der Waals surface area contributed by atoms with E-state index in [2.05, 4.69) is 11.7 Å². The highest BCUT2D eigenvalue weighted by Crippen LogP contribution is 2.22. The molecule has 0 aromatic heterocycles. The van der Waals surface area contributed by atoms with Gasteiger partial charge in [-0.05, 0) is 24.1 Å². The molecule has 2 nitrogen and oxygen atoms in total. The highest BCUT2D eigenvalue weighted by atomic mass is 35.5. The predicted octanol–water partition coefficient (Wildman–Crippen LogP) is 4.29. The van der Waals surface area contributed by atoms with Crippen molar-refractivity contribution < 1.29 is 13.5 Å². The van der Waals surface area contributed by atoms with Crippen molar-refractivity contribution in [1.82, 2.24) is 0 Å². The lowest BCUT2D eigenvalue weighted by Gasteiger charge is -2.13. The average molecular weight is 280 g/mol. The first kappa shape index (κ1) is 17.1. The average Bonchev–Trinajstić information content (AvgIpc) is 2.28. The van der Waals surface area contributed by atoms with Crippen molar-refractivity contribution in [2.45, 2.75) is 45.3 Å². The molecule has 0 heterocycles. The Balaban J connectivity index is 0.00000289. The Morgan fingerprint density at radius 1 is 1.28 bits per heavy atom. The molecule has 1 atom stereocenters. The molecule has 0 saturated heterocycles. The number of halogens is 3. The van der Waals surface area contributed by atoms with E-state index in [4.69, 9.17) is 5.73 Å². The fourth-order valence-electron chi connectivity index (χ4n) is 1.70. The van der Waals surface area contributed by atoms with E-state index in [0.717, 1.165) is 31.2 Å². The van der Waals surface area contributed by atoms with Crippen molar-refractivity contribution >= 4 is 12.4 Å². The molecule has 1 aromatic rings. The molecule has 0 saturated carbocycles. The fourth-order valence-corrected chi connectivity index (χ4v) is 1.70. The molecule has 0 radical (unpaired) electrons. The SMILES string of the molecule is CCCCC[C@H](N)c1cccc(OC(F)F)c1.Cl. The van der Waals surface area contributed by atoms with Crippen LogP contribution in [0.2, 0.25) is 0 Å². The van der Waals surface area contributed by atoms with Gasteiger partial charge in [0.15, 0.2) is 0 Å². The van der Waals surface area contributed by atoms with Crippen LogP contribution in [0.15, 0.2) is 24.3 Å². The van der Waals surface area contributed by atoms with E-state index in [1.54, 1.807) is 12.1 Å². The van der Waals surface area contributed by atoms with E-state index in [1.165, 1.54) is 6.07 Å². The molecule has 1 aromatic carbocycles. The van der Waals surface area contributed by atoms with Gasteiger partial charge in [-0.15, -0.1) is 12.4 Å². The summed E-state index contributed by atoms with van der Waals surface area (Å²) in [6.07, 6.45) is 4.20. The first-order chi connectivity index (χ1) is 8.13. The summed E-state index contributed by atoms with van der Waals surface area (Å²) in [5.41, 5.74) is 6.84. The van der Waals surface area contributed by atoms with Gasteiger partial charge in [0.2, 0.25) is 0 Å². The molecule has 18 heavy (non-hydrogen) atoms. The second-order valence-corrected chi connectivity index (χ2v) is 4.05. The van der Waals surface area contributed by atoms with Crippen LogP contribution in [0, 0.1) is 0 Å². The van der Waals surface area contributed by atoms with Gasteiger partial charge in [-0.25, -0.2) is 0 Å². The van der Waals surface area contributed by atoms with Crippen LogP contribution in [0.4, 0.5) is 8.78 Å². The topological polar surface area (TPSA) is 35.2 Å². The van der Waals surface area contributed by atoms with Gasteiger partial charge < -0.3 is 10.5 Å². The molecule has 104 valence electrons. The Kier molecular flexibility index (Phi) is 8.67. The number of nitrogens with two attached hydrogens (primary N) is 1. The van der Waals surface area contributed by atoms with Crippen molar-refractivity contribution in [3.8, 4) is 5.75 Å². The largest absolute Gasteiger partial charge is 0.435 e. The molecule has 5 heteroatoms. The Morgan fingerprint density at radius 3 is 2.61 bits per heavy atom. The van der Waals surface area contributed by atoms with Crippen LogP contribution in [0.25, 0.3) is 0 Å². The second-order valence-electron chi connectivity index (χ2n) is 4.05. The van der Waals surface area contributed by atoms with E-state index >= 15 is 0 Å². The molecule has 1 rings (SSSR count). The number of alkyl halides is 2. The van der Waals surface area contributed by atoms with Crippen molar-refractivity contribution in [2.24, 2.45) is 5.73 Å². The maximum atomic E-state index is 12.0. The van der Waals surface area contributed by atoms with Gasteiger partial charge in [-0.2, -0.15) is 8.78 Å². The third-order valence-electron chi connectivity index (χ3n) is 2.63. The van der Waals surface area contributed by atoms with E-state index in [-0.39, 0.29) is 24.2 Å². The molecule has 0 unspecified atom stereocenters. The molecular weight excluding hydrogens is 260 g/mol. The van der Waals surface area contributed by atoms with Crippen LogP contribution in [0.3, 0.4) is 0 Å². The lowest BCUT2D eigenvalue weighted by molar-refractivity contribution is -0.0499. The molecule has 0 fully saturated rings. The standard InChI is InChI=1S/C13H19F2NO.ClH/c1-2-3-4-8-12(16)10-6-5-7-11(9-10)17-13(14)15;/h5-7,9,12-13H,2-4,8,16H2,1H3;1H/t12-;/m0./s1. The van der Waals surface area contributed by atoms with Crippen LogP contribution in [0.5, 0.6) is 5.75 Å². The van der Waals surface area contributed by atoms with Gasteiger partial charge in [0.1, 0.15) is 5.75 Å². The number of unbranched alkanes of at least 4 members (excludes halogenated alkanes) is 2. The molecule has 0 spiro atoms. The number of hydrogen-bond acceptors (Lipinski definition) is 2. The highest BCUT2D eigenvalue weighted by molar-refractivity contribution is 5.85. The lowest BCUT2D eigenvalue weighted by Crippen LogP contribution is -2.10. The zero-order valence-electron chi connectivity index (χ0n) is 10.4. The van der Waals surface area contributed by atoms with Gasteiger partial charge >= 0.3 is 6.61 Å². The maximum Gasteiger partial charge on any atom is 0.387 e. The van der Waals surface area contributed by atoms with Crippen LogP contribution < -0.4 is 10.5 Å². The summed E-state index contributed by atoms with van der Waals surface area (Å²) in [5, 5.41) is 0. The molecule has 0 amide bonds. The van der Waals surface area contributed by atoms with Gasteiger partial charge in [0.25, 0.3) is 0 Å². The van der Waals surface area contributed by atoms with Gasteiger partial charge in [-0.3, -0.25) is 0 Å². The van der Waals surface area contributed by atoms with Gasteiger partial charge in [0, 0.05) is 6.04 Å². The lowest BCUT2D eigenvalue weighted by atomic mass is 10.0. The van der Waals surface area contributed by atoms with Gasteiger partial charge in [-0.1, -0.05) is 38.3 Å². The molecule has 2 N–H and O–H groups in total. The maximum absolute atomic E-state index is 12.0.